The molecule has 0 aliphatic rings. The number of thiol groups is 1. The molecule has 0 heterocycles. The summed E-state index contributed by atoms with van der Waals surface area (Å²) in [7, 11) is 0.382. The van der Waals surface area contributed by atoms with Crippen LogP contribution in [0, 0.1) is 0 Å². The summed E-state index contributed by atoms with van der Waals surface area (Å²) >= 11 is 4.10. The molecule has 0 fully saturated rings. The molecule has 12 heteroatoms. The number of carbonyl (C=O) groups excluding carboxylic acids is 5. The van der Waals surface area contributed by atoms with Crippen LogP contribution in [-0.4, -0.2) is 74.4 Å². The number of hydrogen-bond acceptors (Lipinski definition) is 8. The molecule has 3 aromatic carbocycles. The van der Waals surface area contributed by atoms with Gasteiger partial charge in [-0.15, -0.1) is 0 Å². The maximum Gasteiger partial charge on any atom is 0.328 e. The minimum Gasteiger partial charge on any atom is -0.468 e. The minimum atomic E-state index is -2.02. The highest BCUT2D eigenvalue weighted by atomic mass is 32.1. The van der Waals surface area contributed by atoms with E-state index in [2.05, 4.69) is 106 Å². The fourth-order valence-corrected chi connectivity index (χ4v) is 9.93. The Hall–Kier alpha value is -4.21. The van der Waals surface area contributed by atoms with Gasteiger partial charge in [0, 0.05) is 18.6 Å². The van der Waals surface area contributed by atoms with Crippen molar-refractivity contribution in [3.63, 3.8) is 0 Å². The highest BCUT2D eigenvalue weighted by Crippen LogP contribution is 2.55. The molecule has 0 aliphatic heterocycles. The van der Waals surface area contributed by atoms with Crippen molar-refractivity contribution in [3.05, 3.63) is 91.0 Å². The lowest BCUT2D eigenvalue weighted by molar-refractivity contribution is -0.145. The Labute approximate surface area is 282 Å². The van der Waals surface area contributed by atoms with Crippen molar-refractivity contribution in [2.75, 3.05) is 32.7 Å². The van der Waals surface area contributed by atoms with Gasteiger partial charge in [0.05, 0.1) is 20.4 Å². The van der Waals surface area contributed by atoms with Crippen molar-refractivity contribution >= 4 is 65.5 Å². The third kappa shape index (κ3) is 10.9. The molecule has 0 aliphatic carbocycles. The van der Waals surface area contributed by atoms with Gasteiger partial charge in [0.1, 0.15) is 41.8 Å². The number of esters is 2. The first-order valence-corrected chi connectivity index (χ1v) is 18.0. The third-order valence-electron chi connectivity index (χ3n) is 7.69. The zero-order valence-electron chi connectivity index (χ0n) is 26.7. The van der Waals surface area contributed by atoms with Crippen molar-refractivity contribution in [2.24, 2.45) is 0 Å². The van der Waals surface area contributed by atoms with E-state index < -0.39 is 43.1 Å². The van der Waals surface area contributed by atoms with Gasteiger partial charge in [-0.1, -0.05) is 54.6 Å². The standard InChI is InChI=1S/C35H42N3O7PS/c1-44-33(41)24-36-34(42)30(25-47)38-32(40)22-21-29(35(43)45-2)37-31(39)20-12-13-23-46(26-14-6-3-7-15-26,27-16-8-4-9-17-27)28-18-10-5-11-19-28/h3-11,14-19,29-30H,12-13,20-25H2,1-2H3,(H3-,36,37,38,39,40,42,47)/p+1. The van der Waals surface area contributed by atoms with Crippen molar-refractivity contribution in [2.45, 2.75) is 44.2 Å². The SMILES string of the molecule is COC(=O)CNC(=O)C(CS)NC(=O)CCC(NC(=O)CCCC[P+](c1ccccc1)(c1ccccc1)c1ccccc1)C(=O)OC. The number of hydrogen-bond donors (Lipinski definition) is 4. The van der Waals surface area contributed by atoms with Crippen LogP contribution in [0.15, 0.2) is 91.0 Å². The number of unbranched alkanes of at least 4 members (excludes halogenated alkanes) is 1. The summed E-state index contributed by atoms with van der Waals surface area (Å²) in [6.45, 7) is -0.348. The molecule has 2 unspecified atom stereocenters. The van der Waals surface area contributed by atoms with E-state index in [1.165, 1.54) is 30.1 Å². The van der Waals surface area contributed by atoms with Gasteiger partial charge in [-0.25, -0.2) is 4.79 Å². The van der Waals surface area contributed by atoms with Gasteiger partial charge >= 0.3 is 11.9 Å². The zero-order chi connectivity index (χ0) is 34.1. The average Bonchev–Trinajstić information content (AvgIpc) is 3.12. The van der Waals surface area contributed by atoms with E-state index in [0.717, 1.165) is 12.6 Å². The van der Waals surface area contributed by atoms with Gasteiger partial charge in [0.2, 0.25) is 17.7 Å². The molecule has 0 saturated carbocycles. The highest BCUT2D eigenvalue weighted by molar-refractivity contribution is 7.95. The third-order valence-corrected chi connectivity index (χ3v) is 12.6. The fourth-order valence-electron chi connectivity index (χ4n) is 5.26. The predicted octanol–water partition coefficient (Wildman–Crippen LogP) is 2.29. The summed E-state index contributed by atoms with van der Waals surface area (Å²) < 4.78 is 9.36. The Kier molecular flexibility index (Phi) is 15.4. The van der Waals surface area contributed by atoms with Crippen LogP contribution in [0.3, 0.4) is 0 Å². The second-order valence-corrected chi connectivity index (χ2v) is 14.8. The van der Waals surface area contributed by atoms with E-state index in [4.69, 9.17) is 4.74 Å². The molecule has 0 bridgehead atoms. The number of rotatable bonds is 18. The summed E-state index contributed by atoms with van der Waals surface area (Å²) in [6.07, 6.45) is 2.23. The van der Waals surface area contributed by atoms with Crippen molar-refractivity contribution < 1.29 is 33.4 Å². The summed E-state index contributed by atoms with van der Waals surface area (Å²) in [5, 5.41) is 11.4. The summed E-state index contributed by atoms with van der Waals surface area (Å²) in [5.41, 5.74) is 0. The number of methoxy groups -OCH3 is 2. The van der Waals surface area contributed by atoms with Crippen LogP contribution >= 0.6 is 19.9 Å². The molecule has 0 aromatic heterocycles. The first-order chi connectivity index (χ1) is 22.7. The van der Waals surface area contributed by atoms with Crippen LogP contribution in [0.1, 0.15) is 32.1 Å². The van der Waals surface area contributed by atoms with Crippen LogP contribution in [0.5, 0.6) is 0 Å². The van der Waals surface area contributed by atoms with E-state index in [0.29, 0.717) is 6.42 Å². The number of benzene rings is 3. The van der Waals surface area contributed by atoms with Gasteiger partial charge in [0.25, 0.3) is 0 Å². The largest absolute Gasteiger partial charge is 0.468 e. The van der Waals surface area contributed by atoms with Crippen LogP contribution in [-0.2, 0) is 33.4 Å². The summed E-state index contributed by atoms with van der Waals surface area (Å²) in [6, 6.07) is 29.5. The summed E-state index contributed by atoms with van der Waals surface area (Å²) in [5.74, 6) is -2.77. The van der Waals surface area contributed by atoms with E-state index in [1.54, 1.807) is 0 Å². The molecule has 0 saturated heterocycles. The topological polar surface area (TPSA) is 140 Å². The lowest BCUT2D eigenvalue weighted by atomic mass is 10.1. The zero-order valence-corrected chi connectivity index (χ0v) is 28.5. The Bertz CT molecular complexity index is 1370. The lowest BCUT2D eigenvalue weighted by Crippen LogP contribution is -2.49. The Morgan fingerprint density at radius 2 is 1.17 bits per heavy atom. The molecule has 3 aromatic rings. The second-order valence-electron chi connectivity index (χ2n) is 10.8. The monoisotopic (exact) mass is 680 g/mol. The van der Waals surface area contributed by atoms with Crippen LogP contribution in [0.2, 0.25) is 0 Å². The van der Waals surface area contributed by atoms with Gasteiger partial charge < -0.3 is 25.4 Å². The van der Waals surface area contributed by atoms with Gasteiger partial charge in [0.15, 0.2) is 0 Å². The normalized spacial score (nSPS) is 12.2. The maximum atomic E-state index is 13.0. The van der Waals surface area contributed by atoms with Gasteiger partial charge in [-0.2, -0.15) is 12.6 Å². The average molecular weight is 681 g/mol. The molecule has 0 spiro atoms. The highest BCUT2D eigenvalue weighted by Gasteiger charge is 2.44. The number of amides is 3. The second kappa shape index (κ2) is 19.5. The summed E-state index contributed by atoms with van der Waals surface area (Å²) in [4.78, 5) is 61.6. The van der Waals surface area contributed by atoms with Crippen LogP contribution in [0.25, 0.3) is 0 Å². The van der Waals surface area contributed by atoms with E-state index in [1.807, 2.05) is 18.2 Å². The Morgan fingerprint density at radius 1 is 0.681 bits per heavy atom. The van der Waals surface area contributed by atoms with E-state index in [-0.39, 0.29) is 37.5 Å². The molecular weight excluding hydrogens is 637 g/mol. The van der Waals surface area contributed by atoms with Crippen molar-refractivity contribution in [3.8, 4) is 0 Å². The van der Waals surface area contributed by atoms with Gasteiger partial charge in [-0.3, -0.25) is 19.2 Å². The molecule has 3 rings (SSSR count). The minimum absolute atomic E-state index is 0.0156. The van der Waals surface area contributed by atoms with E-state index >= 15 is 0 Å². The van der Waals surface area contributed by atoms with Gasteiger partial charge in [-0.05, 0) is 55.7 Å². The van der Waals surface area contributed by atoms with E-state index in [9.17, 15) is 24.0 Å². The molecular formula is C35H43N3O7PS+. The number of ether oxygens (including phenoxy) is 2. The number of carbonyl (C=O) groups is 5. The van der Waals surface area contributed by atoms with Crippen molar-refractivity contribution in [1.82, 2.24) is 16.0 Å². The molecule has 47 heavy (non-hydrogen) atoms. The molecule has 2 atom stereocenters. The first kappa shape index (κ1) is 37.2. The fraction of sp³-hybridized carbons (Fsp3) is 0.343. The first-order valence-electron chi connectivity index (χ1n) is 15.4. The van der Waals surface area contributed by atoms with Crippen molar-refractivity contribution in [1.29, 1.82) is 0 Å². The molecule has 0 radical (unpaired) electrons. The Balaban J connectivity index is 1.61. The van der Waals surface area contributed by atoms with Crippen LogP contribution in [0.4, 0.5) is 0 Å². The quantitative estimate of drug-likeness (QED) is 0.0700. The van der Waals surface area contributed by atoms with Crippen LogP contribution < -0.4 is 31.9 Å². The molecule has 3 amide bonds. The molecule has 250 valence electrons. The Morgan fingerprint density at radius 3 is 1.64 bits per heavy atom. The number of nitrogens with one attached hydrogen (secondary N) is 3. The smallest absolute Gasteiger partial charge is 0.328 e. The predicted molar refractivity (Wildman–Crippen MR) is 188 cm³/mol. The maximum absolute atomic E-state index is 13.0. The molecule has 3 N–H and O–H groups in total. The lowest BCUT2D eigenvalue weighted by Gasteiger charge is -2.27. The molecule has 10 nitrogen and oxygen atoms in total.